The fourth-order valence-corrected chi connectivity index (χ4v) is 1.69. The summed E-state index contributed by atoms with van der Waals surface area (Å²) in [6.07, 6.45) is 6.59. The highest BCUT2D eigenvalue weighted by Gasteiger charge is 2.26. The molecule has 6 heteroatoms. The number of hydrogen-bond donors (Lipinski definition) is 0. The quantitative estimate of drug-likeness (QED) is 0.477. The summed E-state index contributed by atoms with van der Waals surface area (Å²) in [4.78, 5) is 21.8. The van der Waals surface area contributed by atoms with E-state index in [1.165, 1.54) is 6.07 Å². The standard InChI is InChI=1S/C13H10FNO4/c14-10-7-4-8-11(15(17)18)12(10)13(16)19-9-5-2-1-3-6-9/h2,4-8H,1,3H2. The molecule has 1 aromatic rings. The number of ether oxygens (including phenoxy) is 1. The first-order valence-electron chi connectivity index (χ1n) is 5.61. The smallest absolute Gasteiger partial charge is 0.353 e. The molecule has 0 radical (unpaired) electrons. The molecule has 1 aromatic carbocycles. The van der Waals surface area contributed by atoms with Gasteiger partial charge >= 0.3 is 5.97 Å². The molecule has 0 unspecified atom stereocenters. The van der Waals surface area contributed by atoms with Gasteiger partial charge in [0.1, 0.15) is 11.6 Å². The lowest BCUT2D eigenvalue weighted by molar-refractivity contribution is -0.385. The molecule has 0 atom stereocenters. The number of rotatable bonds is 3. The number of carbonyl (C=O) groups excluding carboxylic acids is 1. The molecule has 0 bridgehead atoms. The van der Waals surface area contributed by atoms with Crippen LogP contribution in [0.1, 0.15) is 23.2 Å². The monoisotopic (exact) mass is 263 g/mol. The Morgan fingerprint density at radius 1 is 1.37 bits per heavy atom. The predicted octanol–water partition coefficient (Wildman–Crippen LogP) is 3.12. The SMILES string of the molecule is O=C(OC1=CCCC=C1)c1c(F)cccc1[N+](=O)[O-]. The van der Waals surface area contributed by atoms with E-state index in [0.717, 1.165) is 18.6 Å². The minimum absolute atomic E-state index is 0.272. The van der Waals surface area contributed by atoms with E-state index in [9.17, 15) is 19.3 Å². The van der Waals surface area contributed by atoms with Crippen LogP contribution in [-0.4, -0.2) is 10.9 Å². The molecule has 0 amide bonds. The van der Waals surface area contributed by atoms with E-state index in [1.807, 2.05) is 0 Å². The van der Waals surface area contributed by atoms with Gasteiger partial charge in [0.25, 0.3) is 5.69 Å². The van der Waals surface area contributed by atoms with Gasteiger partial charge in [0.15, 0.2) is 5.56 Å². The van der Waals surface area contributed by atoms with Crippen molar-refractivity contribution in [1.82, 2.24) is 0 Å². The summed E-state index contributed by atoms with van der Waals surface area (Å²) in [6.45, 7) is 0. The maximum Gasteiger partial charge on any atom is 0.353 e. The van der Waals surface area contributed by atoms with Crippen LogP contribution in [0.15, 0.2) is 42.2 Å². The van der Waals surface area contributed by atoms with Crippen LogP contribution in [0.5, 0.6) is 0 Å². The summed E-state index contributed by atoms with van der Waals surface area (Å²) in [6, 6.07) is 3.21. The van der Waals surface area contributed by atoms with Gasteiger partial charge in [-0.05, 0) is 31.1 Å². The van der Waals surface area contributed by atoms with Crippen molar-refractivity contribution < 1.29 is 18.8 Å². The lowest BCUT2D eigenvalue weighted by Crippen LogP contribution is -2.10. The van der Waals surface area contributed by atoms with E-state index < -0.39 is 28.0 Å². The summed E-state index contributed by atoms with van der Waals surface area (Å²) in [5.41, 5.74) is -1.27. The minimum Gasteiger partial charge on any atom is -0.423 e. The Balaban J connectivity index is 2.31. The van der Waals surface area contributed by atoms with Crippen molar-refractivity contribution in [2.24, 2.45) is 0 Å². The van der Waals surface area contributed by atoms with E-state index in [4.69, 9.17) is 4.74 Å². The maximum atomic E-state index is 13.6. The van der Waals surface area contributed by atoms with Crippen molar-refractivity contribution in [3.8, 4) is 0 Å². The molecule has 1 aliphatic carbocycles. The van der Waals surface area contributed by atoms with Crippen LogP contribution in [0, 0.1) is 15.9 Å². The zero-order chi connectivity index (χ0) is 13.8. The normalized spacial score (nSPS) is 13.8. The molecule has 0 heterocycles. The molecule has 98 valence electrons. The van der Waals surface area contributed by atoms with Gasteiger partial charge in [0, 0.05) is 6.07 Å². The van der Waals surface area contributed by atoms with Gasteiger partial charge in [0.05, 0.1) is 4.92 Å². The van der Waals surface area contributed by atoms with E-state index in [1.54, 1.807) is 18.2 Å². The summed E-state index contributed by atoms with van der Waals surface area (Å²) >= 11 is 0. The van der Waals surface area contributed by atoms with Gasteiger partial charge in [-0.3, -0.25) is 10.1 Å². The van der Waals surface area contributed by atoms with Gasteiger partial charge in [-0.25, -0.2) is 9.18 Å². The van der Waals surface area contributed by atoms with Crippen molar-refractivity contribution in [3.63, 3.8) is 0 Å². The average Bonchev–Trinajstić information content (AvgIpc) is 2.39. The van der Waals surface area contributed by atoms with Crippen LogP contribution in [-0.2, 0) is 4.74 Å². The van der Waals surface area contributed by atoms with Crippen molar-refractivity contribution >= 4 is 11.7 Å². The molecule has 0 fully saturated rings. The highest BCUT2D eigenvalue weighted by molar-refractivity contribution is 5.94. The van der Waals surface area contributed by atoms with Gasteiger partial charge < -0.3 is 4.74 Å². The zero-order valence-corrected chi connectivity index (χ0v) is 9.84. The highest BCUT2D eigenvalue weighted by atomic mass is 19.1. The second-order valence-corrected chi connectivity index (χ2v) is 3.87. The van der Waals surface area contributed by atoms with Gasteiger partial charge in [-0.15, -0.1) is 0 Å². The molecule has 2 rings (SSSR count). The van der Waals surface area contributed by atoms with Crippen molar-refractivity contribution in [2.75, 3.05) is 0 Å². The van der Waals surface area contributed by atoms with Crippen molar-refractivity contribution in [2.45, 2.75) is 12.8 Å². The van der Waals surface area contributed by atoms with E-state index in [2.05, 4.69) is 0 Å². The van der Waals surface area contributed by atoms with Crippen LogP contribution in [0.25, 0.3) is 0 Å². The first-order chi connectivity index (χ1) is 9.09. The number of halogens is 1. The number of benzene rings is 1. The number of allylic oxidation sites excluding steroid dienone is 3. The number of nitro benzene ring substituents is 1. The van der Waals surface area contributed by atoms with Crippen molar-refractivity contribution in [3.05, 3.63) is 63.7 Å². The molecule has 0 saturated carbocycles. The maximum absolute atomic E-state index is 13.6. The lowest BCUT2D eigenvalue weighted by atomic mass is 10.1. The van der Waals surface area contributed by atoms with Gasteiger partial charge in [-0.1, -0.05) is 12.1 Å². The molecule has 0 aliphatic heterocycles. The molecule has 19 heavy (non-hydrogen) atoms. The number of nitrogens with zero attached hydrogens (tertiary/aromatic N) is 1. The molecular weight excluding hydrogens is 253 g/mol. The molecule has 1 aliphatic rings. The fraction of sp³-hybridized carbons (Fsp3) is 0.154. The highest BCUT2D eigenvalue weighted by Crippen LogP contribution is 2.23. The third-order valence-electron chi connectivity index (χ3n) is 2.56. The Hall–Kier alpha value is -2.50. The molecule has 0 N–H and O–H groups in total. The zero-order valence-electron chi connectivity index (χ0n) is 9.84. The first-order valence-corrected chi connectivity index (χ1v) is 5.61. The third-order valence-corrected chi connectivity index (χ3v) is 2.56. The second kappa shape index (κ2) is 5.43. The van der Waals surface area contributed by atoms with Crippen LogP contribution in [0.3, 0.4) is 0 Å². The summed E-state index contributed by atoms with van der Waals surface area (Å²) in [5, 5.41) is 10.8. The number of hydrogen-bond acceptors (Lipinski definition) is 4. The first kappa shape index (κ1) is 12.9. The Morgan fingerprint density at radius 3 is 2.79 bits per heavy atom. The van der Waals surface area contributed by atoms with E-state index >= 15 is 0 Å². The van der Waals surface area contributed by atoms with Crippen LogP contribution < -0.4 is 0 Å². The fourth-order valence-electron chi connectivity index (χ4n) is 1.69. The Morgan fingerprint density at radius 2 is 2.16 bits per heavy atom. The van der Waals surface area contributed by atoms with Crippen LogP contribution >= 0.6 is 0 Å². The Bertz CT molecular complexity index is 592. The predicted molar refractivity (Wildman–Crippen MR) is 64.9 cm³/mol. The number of nitro groups is 1. The van der Waals surface area contributed by atoms with Gasteiger partial charge in [0.2, 0.25) is 0 Å². The minimum atomic E-state index is -1.07. The largest absolute Gasteiger partial charge is 0.423 e. The molecule has 5 nitrogen and oxygen atoms in total. The molecular formula is C13H10FNO4. The van der Waals surface area contributed by atoms with Crippen LogP contribution in [0.4, 0.5) is 10.1 Å². The van der Waals surface area contributed by atoms with Gasteiger partial charge in [-0.2, -0.15) is 0 Å². The molecule has 0 saturated heterocycles. The Kier molecular flexibility index (Phi) is 3.70. The van der Waals surface area contributed by atoms with E-state index in [-0.39, 0.29) is 5.76 Å². The summed E-state index contributed by atoms with van der Waals surface area (Å²) in [5.74, 6) is -1.77. The second-order valence-electron chi connectivity index (χ2n) is 3.87. The van der Waals surface area contributed by atoms with E-state index in [0.29, 0.717) is 6.42 Å². The summed E-state index contributed by atoms with van der Waals surface area (Å²) < 4.78 is 18.5. The Labute approximate surface area is 108 Å². The summed E-state index contributed by atoms with van der Waals surface area (Å²) in [7, 11) is 0. The lowest BCUT2D eigenvalue weighted by Gasteiger charge is -2.08. The van der Waals surface area contributed by atoms with Crippen molar-refractivity contribution in [1.29, 1.82) is 0 Å². The molecule has 0 spiro atoms. The topological polar surface area (TPSA) is 69.4 Å². The third kappa shape index (κ3) is 2.85. The number of esters is 1. The van der Waals surface area contributed by atoms with Crippen LogP contribution in [0.2, 0.25) is 0 Å². The number of carbonyl (C=O) groups is 1. The molecule has 0 aromatic heterocycles. The average molecular weight is 263 g/mol.